The lowest BCUT2D eigenvalue weighted by Crippen LogP contribution is -2.16. The lowest BCUT2D eigenvalue weighted by molar-refractivity contribution is 0.753. The van der Waals surface area contributed by atoms with Gasteiger partial charge < -0.3 is 10.6 Å². The van der Waals surface area contributed by atoms with Crippen molar-refractivity contribution in [2.24, 2.45) is 0 Å². The van der Waals surface area contributed by atoms with Crippen LogP contribution < -0.4 is 10.6 Å². The molecule has 5 nitrogen and oxygen atoms in total. The van der Waals surface area contributed by atoms with Crippen LogP contribution in [0.25, 0.3) is 11.3 Å². The van der Waals surface area contributed by atoms with E-state index in [1.807, 2.05) is 36.4 Å². The number of hydrogen-bond acceptors (Lipinski definition) is 5. The summed E-state index contributed by atoms with van der Waals surface area (Å²) in [6.07, 6.45) is 4.53. The molecule has 0 saturated carbocycles. The Balaban J connectivity index is 2.00. The Kier molecular flexibility index (Phi) is 5.83. The average molecular weight is 412 g/mol. The van der Waals surface area contributed by atoms with Crippen molar-refractivity contribution >= 4 is 33.4 Å². The van der Waals surface area contributed by atoms with Crippen molar-refractivity contribution in [1.29, 1.82) is 0 Å². The van der Waals surface area contributed by atoms with Gasteiger partial charge >= 0.3 is 0 Å². The first kappa shape index (κ1) is 18.3. The highest BCUT2D eigenvalue weighted by atomic mass is 79.9. The third-order valence-electron chi connectivity index (χ3n) is 4.22. The van der Waals surface area contributed by atoms with Crippen LogP contribution in [-0.4, -0.2) is 21.0 Å². The second kappa shape index (κ2) is 8.27. The van der Waals surface area contributed by atoms with Crippen LogP contribution in [0.5, 0.6) is 0 Å². The molecule has 3 rings (SSSR count). The molecular formula is C20H22BrN5. The predicted molar refractivity (Wildman–Crippen MR) is 111 cm³/mol. The SMILES string of the molecule is CC[C@H](C)Nc1nc(Nc2cccc(Br)c2C)cc(-c2ccncc2)n1. The Bertz CT molecular complexity index is 883. The summed E-state index contributed by atoms with van der Waals surface area (Å²) in [7, 11) is 0. The summed E-state index contributed by atoms with van der Waals surface area (Å²) >= 11 is 3.58. The molecule has 134 valence electrons. The second-order valence-electron chi connectivity index (χ2n) is 6.19. The van der Waals surface area contributed by atoms with E-state index in [0.717, 1.165) is 39.2 Å². The molecule has 26 heavy (non-hydrogen) atoms. The van der Waals surface area contributed by atoms with E-state index < -0.39 is 0 Å². The summed E-state index contributed by atoms with van der Waals surface area (Å²) in [5.74, 6) is 1.36. The summed E-state index contributed by atoms with van der Waals surface area (Å²) in [6, 6.07) is 12.2. The van der Waals surface area contributed by atoms with Gasteiger partial charge in [0.15, 0.2) is 0 Å². The van der Waals surface area contributed by atoms with E-state index in [9.17, 15) is 0 Å². The highest BCUT2D eigenvalue weighted by Crippen LogP contribution is 2.28. The summed E-state index contributed by atoms with van der Waals surface area (Å²) in [4.78, 5) is 13.4. The molecule has 3 aromatic rings. The van der Waals surface area contributed by atoms with Gasteiger partial charge in [-0.25, -0.2) is 4.98 Å². The summed E-state index contributed by atoms with van der Waals surface area (Å²) < 4.78 is 1.06. The number of anilines is 3. The maximum atomic E-state index is 4.67. The molecular weight excluding hydrogens is 390 g/mol. The molecule has 0 fully saturated rings. The third-order valence-corrected chi connectivity index (χ3v) is 5.08. The number of nitrogens with one attached hydrogen (secondary N) is 2. The topological polar surface area (TPSA) is 62.7 Å². The number of aromatic nitrogens is 3. The molecule has 2 heterocycles. The smallest absolute Gasteiger partial charge is 0.225 e. The first-order valence-electron chi connectivity index (χ1n) is 8.65. The largest absolute Gasteiger partial charge is 0.352 e. The van der Waals surface area contributed by atoms with Crippen LogP contribution in [0.1, 0.15) is 25.8 Å². The molecule has 6 heteroatoms. The minimum absolute atomic E-state index is 0.295. The Morgan fingerprint density at radius 3 is 2.62 bits per heavy atom. The van der Waals surface area contributed by atoms with Crippen molar-refractivity contribution < 1.29 is 0 Å². The van der Waals surface area contributed by atoms with Crippen LogP contribution in [-0.2, 0) is 0 Å². The van der Waals surface area contributed by atoms with E-state index in [-0.39, 0.29) is 0 Å². The summed E-state index contributed by atoms with van der Waals surface area (Å²) in [6.45, 7) is 6.32. The van der Waals surface area contributed by atoms with Gasteiger partial charge in [-0.1, -0.05) is 28.9 Å². The fourth-order valence-corrected chi connectivity index (χ4v) is 2.82. The third kappa shape index (κ3) is 4.38. The van der Waals surface area contributed by atoms with E-state index in [0.29, 0.717) is 12.0 Å². The van der Waals surface area contributed by atoms with Gasteiger partial charge in [0.1, 0.15) is 5.82 Å². The van der Waals surface area contributed by atoms with E-state index in [1.165, 1.54) is 0 Å². The van der Waals surface area contributed by atoms with Gasteiger partial charge in [-0.2, -0.15) is 4.98 Å². The number of halogens is 1. The second-order valence-corrected chi connectivity index (χ2v) is 7.04. The number of benzene rings is 1. The normalized spacial score (nSPS) is 11.8. The first-order valence-corrected chi connectivity index (χ1v) is 9.44. The molecule has 1 aromatic carbocycles. The van der Waals surface area contributed by atoms with Crippen molar-refractivity contribution in [2.45, 2.75) is 33.2 Å². The van der Waals surface area contributed by atoms with Gasteiger partial charge in [-0.05, 0) is 50.1 Å². The molecule has 0 bridgehead atoms. The van der Waals surface area contributed by atoms with Gasteiger partial charge in [0.2, 0.25) is 5.95 Å². The van der Waals surface area contributed by atoms with Gasteiger partial charge in [0.25, 0.3) is 0 Å². The van der Waals surface area contributed by atoms with Crippen molar-refractivity contribution in [1.82, 2.24) is 15.0 Å². The Labute approximate surface area is 162 Å². The molecule has 0 spiro atoms. The van der Waals surface area contributed by atoms with Gasteiger partial charge in [-0.15, -0.1) is 0 Å². The molecule has 0 amide bonds. The monoisotopic (exact) mass is 411 g/mol. The van der Waals surface area contributed by atoms with Crippen molar-refractivity contribution in [3.63, 3.8) is 0 Å². The Hall–Kier alpha value is -2.47. The zero-order valence-electron chi connectivity index (χ0n) is 15.1. The van der Waals surface area contributed by atoms with Crippen LogP contribution in [0.4, 0.5) is 17.5 Å². The molecule has 0 saturated heterocycles. The highest BCUT2D eigenvalue weighted by molar-refractivity contribution is 9.10. The van der Waals surface area contributed by atoms with Crippen molar-refractivity contribution in [3.05, 3.63) is 58.8 Å². The van der Waals surface area contributed by atoms with Gasteiger partial charge in [0.05, 0.1) is 5.69 Å². The molecule has 0 aliphatic rings. The van der Waals surface area contributed by atoms with Crippen LogP contribution in [0.3, 0.4) is 0 Å². The van der Waals surface area contributed by atoms with Crippen molar-refractivity contribution in [3.8, 4) is 11.3 Å². The van der Waals surface area contributed by atoms with Crippen LogP contribution in [0.2, 0.25) is 0 Å². The van der Waals surface area contributed by atoms with Gasteiger partial charge in [-0.3, -0.25) is 4.98 Å². The number of hydrogen-bond donors (Lipinski definition) is 2. The number of nitrogens with zero attached hydrogens (tertiary/aromatic N) is 3. The zero-order chi connectivity index (χ0) is 18.5. The zero-order valence-corrected chi connectivity index (χ0v) is 16.7. The van der Waals surface area contributed by atoms with E-state index in [2.05, 4.69) is 62.3 Å². The molecule has 0 aliphatic heterocycles. The summed E-state index contributed by atoms with van der Waals surface area (Å²) in [5, 5.41) is 6.78. The standard InChI is InChI=1S/C20H22BrN5/c1-4-13(2)23-20-25-18(15-8-10-22-11-9-15)12-19(26-20)24-17-7-5-6-16(21)14(17)3/h5-13H,4H2,1-3H3,(H2,23,24,25,26)/t13-/m0/s1. The van der Waals surface area contributed by atoms with Crippen LogP contribution in [0.15, 0.2) is 53.3 Å². The van der Waals surface area contributed by atoms with Crippen molar-refractivity contribution in [2.75, 3.05) is 10.6 Å². The molecule has 1 atom stereocenters. The first-order chi connectivity index (χ1) is 12.6. The lowest BCUT2D eigenvalue weighted by Gasteiger charge is -2.15. The van der Waals surface area contributed by atoms with E-state index >= 15 is 0 Å². The average Bonchev–Trinajstić information content (AvgIpc) is 2.66. The maximum Gasteiger partial charge on any atom is 0.225 e. The van der Waals surface area contributed by atoms with E-state index in [4.69, 9.17) is 0 Å². The number of rotatable bonds is 6. The minimum atomic E-state index is 0.295. The van der Waals surface area contributed by atoms with Crippen LogP contribution in [0, 0.1) is 6.92 Å². The number of pyridine rings is 1. The fraction of sp³-hybridized carbons (Fsp3) is 0.250. The minimum Gasteiger partial charge on any atom is -0.352 e. The molecule has 0 radical (unpaired) electrons. The van der Waals surface area contributed by atoms with Gasteiger partial charge in [0, 0.05) is 40.2 Å². The summed E-state index contributed by atoms with van der Waals surface area (Å²) in [5.41, 5.74) is 3.99. The fourth-order valence-electron chi connectivity index (χ4n) is 2.45. The molecule has 0 aliphatic carbocycles. The highest BCUT2D eigenvalue weighted by Gasteiger charge is 2.10. The van der Waals surface area contributed by atoms with Crippen LogP contribution >= 0.6 is 15.9 Å². The quantitative estimate of drug-likeness (QED) is 0.555. The maximum absolute atomic E-state index is 4.67. The Morgan fingerprint density at radius 2 is 1.88 bits per heavy atom. The Morgan fingerprint density at radius 1 is 1.12 bits per heavy atom. The molecule has 2 aromatic heterocycles. The predicted octanol–water partition coefficient (Wildman–Crippen LogP) is 5.56. The van der Waals surface area contributed by atoms with E-state index in [1.54, 1.807) is 12.4 Å². The molecule has 2 N–H and O–H groups in total. The molecule has 0 unspecified atom stereocenters. The lowest BCUT2D eigenvalue weighted by atomic mass is 10.2.